The van der Waals surface area contributed by atoms with Gasteiger partial charge < -0.3 is 51.1 Å². The molecule has 6 atom stereocenters. The van der Waals surface area contributed by atoms with Crippen molar-refractivity contribution in [1.82, 2.24) is 40.9 Å². The van der Waals surface area contributed by atoms with E-state index in [2.05, 4.69) is 33.1 Å². The molecule has 462 valence electrons. The third kappa shape index (κ3) is 14.0. The maximum Gasteiger partial charge on any atom is 0.399 e. The number of nitrogens with one attached hydrogen (secondary N) is 4. The number of likely N-dealkylation sites (tertiary alicyclic amines) is 1. The minimum atomic E-state index is -5.88. The zero-order valence-electron chi connectivity index (χ0n) is 48.3. The van der Waals surface area contributed by atoms with Crippen molar-refractivity contribution in [2.75, 3.05) is 33.2 Å². The number of imide groups is 1. The third-order valence-electron chi connectivity index (χ3n) is 17.3. The Morgan fingerprint density at radius 1 is 0.852 bits per heavy atom. The van der Waals surface area contributed by atoms with Crippen molar-refractivity contribution in [2.45, 2.75) is 126 Å². The maximum absolute atomic E-state index is 14.8. The third-order valence-corrected chi connectivity index (χ3v) is 19.4. The average molecular weight is 1240 g/mol. The molecule has 5 aliphatic rings. The molecule has 1 unspecified atom stereocenters. The lowest BCUT2D eigenvalue weighted by molar-refractivity contribution is -0.144. The molecule has 0 bridgehead atoms. The topological polar surface area (TPSA) is 298 Å². The van der Waals surface area contributed by atoms with Gasteiger partial charge in [0.05, 0.1) is 4.88 Å². The number of amides is 9. The van der Waals surface area contributed by atoms with E-state index in [4.69, 9.17) is 5.73 Å². The quantitative estimate of drug-likeness (QED) is 0.0350. The number of primary amides is 1. The number of halogens is 2. The van der Waals surface area contributed by atoms with E-state index in [1.165, 1.54) is 21.9 Å². The smallest absolute Gasteiger partial charge is 0.370 e. The van der Waals surface area contributed by atoms with Crippen LogP contribution in [0.3, 0.4) is 0 Å². The largest absolute Gasteiger partial charge is 0.399 e. The number of alkyl halides is 2. The number of carbonyl (C=O) groups excluding carboxylic acids is 9. The number of hydrogen-bond donors (Lipinski definition) is 7. The van der Waals surface area contributed by atoms with Crippen LogP contribution in [0, 0.1) is 17.8 Å². The first kappa shape index (κ1) is 62.8. The Morgan fingerprint density at radius 2 is 1.59 bits per heavy atom. The van der Waals surface area contributed by atoms with Crippen molar-refractivity contribution in [3.05, 3.63) is 130 Å². The Hall–Kier alpha value is -8.20. The van der Waals surface area contributed by atoms with E-state index in [1.807, 2.05) is 65.6 Å². The van der Waals surface area contributed by atoms with Crippen LogP contribution < -0.4 is 27.0 Å². The molecule has 5 aromatic rings. The van der Waals surface area contributed by atoms with Crippen molar-refractivity contribution in [3.63, 3.8) is 0 Å². The maximum atomic E-state index is 14.8. The second kappa shape index (κ2) is 26.6. The number of fused-ring (bicyclic) bond motifs is 3. The highest BCUT2D eigenvalue weighted by Crippen LogP contribution is 2.59. The summed E-state index contributed by atoms with van der Waals surface area (Å²) in [6, 6.07) is 20.9. The number of thiophene rings is 1. The summed E-state index contributed by atoms with van der Waals surface area (Å²) < 4.78 is 41.2. The number of hydrogen-bond acceptors (Lipinski definition) is 12. The summed E-state index contributed by atoms with van der Waals surface area (Å²) in [5, 5.41) is 10.9. The summed E-state index contributed by atoms with van der Waals surface area (Å²) >= 11 is 0.922. The molecule has 88 heavy (non-hydrogen) atoms. The summed E-state index contributed by atoms with van der Waals surface area (Å²) in [5.41, 5.74) is 4.77. The number of nitrogens with zero attached hydrogens (tertiary/aromatic N) is 4. The lowest BCUT2D eigenvalue weighted by Gasteiger charge is -2.38. The molecule has 5 aliphatic heterocycles. The number of carbonyl (C=O) groups is 9. The van der Waals surface area contributed by atoms with Gasteiger partial charge in [-0.3, -0.25) is 53.0 Å². The number of likely N-dealkylation sites (N-methyl/N-ethyl adjacent to an activating group) is 1. The van der Waals surface area contributed by atoms with Gasteiger partial charge in [0.25, 0.3) is 11.8 Å². The van der Waals surface area contributed by atoms with Crippen molar-refractivity contribution >= 4 is 82.2 Å². The zero-order valence-corrected chi connectivity index (χ0v) is 50.0. The van der Waals surface area contributed by atoms with E-state index < -0.39 is 90.5 Å². The Balaban J connectivity index is 0.808. The van der Waals surface area contributed by atoms with Gasteiger partial charge in [-0.15, -0.1) is 11.3 Å². The van der Waals surface area contributed by atoms with Crippen LogP contribution in [0.4, 0.5) is 8.78 Å². The Kier molecular flexibility index (Phi) is 19.0. The summed E-state index contributed by atoms with van der Waals surface area (Å²) in [6.45, 7) is 1.50. The van der Waals surface area contributed by atoms with Gasteiger partial charge in [-0.1, -0.05) is 78.6 Å². The molecule has 8 N–H and O–H groups in total. The lowest BCUT2D eigenvalue weighted by Crippen LogP contribution is -2.61. The standard InChI is InChI=1S/C63H68F2N9O12PS/c1-71-29-28-44-19-21-51(74(44)62(83)49(36-71)69-59(80)53-34-42-33-43(18-23-52(42)88-53)63(64,65)87(84,85)86)58(79)67-47(20-24-54(66)75)56(77)68-48(32-38-14-16-40(17-15-38)39-9-3-2-4-10-39)61(82)72-30-26-37(27-31-72)8-5-6-11-41-12-7-13-45-46(41)35-73(60(45)81)50-22-25-55(76)70-57(50)78/h2-4,7,9-10,12-18,23,33-34,37,44,47-51H,5,8,19-22,24-32,35-36H2,1H3,(H2,66,75)(H,67,79)(H,68,77)(H,69,80)(H,70,76,78)(H2,84,85,86)/t44-,47+,48+,49+,50?,51+/m1/s1. The van der Waals surface area contributed by atoms with Crippen LogP contribution in [0.25, 0.3) is 21.2 Å². The molecule has 0 aliphatic carbocycles. The van der Waals surface area contributed by atoms with Crippen molar-refractivity contribution in [1.29, 1.82) is 0 Å². The van der Waals surface area contributed by atoms with E-state index in [0.29, 0.717) is 67.6 Å². The number of benzene rings is 4. The number of piperidine rings is 2. The molecular formula is C63H68F2N9O12PS. The van der Waals surface area contributed by atoms with E-state index in [0.717, 1.165) is 52.1 Å². The summed E-state index contributed by atoms with van der Waals surface area (Å²) in [7, 11) is -4.10. The van der Waals surface area contributed by atoms with Gasteiger partial charge in [-0.2, -0.15) is 8.78 Å². The van der Waals surface area contributed by atoms with Gasteiger partial charge >= 0.3 is 13.3 Å². The predicted octanol–water partition coefficient (Wildman–Crippen LogP) is 4.90. The summed E-state index contributed by atoms with van der Waals surface area (Å²) in [4.78, 5) is 148. The molecule has 0 radical (unpaired) electrons. The first-order chi connectivity index (χ1) is 42.0. The molecule has 4 aromatic carbocycles. The molecule has 9 amide bonds. The summed E-state index contributed by atoms with van der Waals surface area (Å²) in [5.74, 6) is 1.76. The van der Waals surface area contributed by atoms with Crippen LogP contribution in [0.5, 0.6) is 0 Å². The SMILES string of the molecule is CN1CC[C@H]2CC[C@@H](C(=O)N[C@@H](CCC(N)=O)C(=O)N[C@@H](Cc3ccc(-c4ccccc4)cc3)C(=O)N3CCC(CCC#Cc4cccc5c4CN(C4CCC(=O)NC4=O)C5=O)CC3)N2C(=O)[C@@H](NC(=O)c2cc3cc(C(F)(F)P(=O)(O)O)ccc3s2)C1. The second-order valence-corrected chi connectivity index (χ2v) is 26.0. The molecular weight excluding hydrogens is 1180 g/mol. The highest BCUT2D eigenvalue weighted by Gasteiger charge is 2.51. The van der Waals surface area contributed by atoms with Gasteiger partial charge in [0.1, 0.15) is 30.2 Å². The molecule has 1 aromatic heterocycles. The zero-order chi connectivity index (χ0) is 62.6. The van der Waals surface area contributed by atoms with Crippen LogP contribution in [0.2, 0.25) is 0 Å². The van der Waals surface area contributed by atoms with Crippen LogP contribution in [0.1, 0.15) is 113 Å². The minimum absolute atomic E-state index is 0.0285. The minimum Gasteiger partial charge on any atom is -0.370 e. The number of nitrogens with two attached hydrogens (primary N) is 1. The molecule has 4 saturated heterocycles. The van der Waals surface area contributed by atoms with Crippen LogP contribution in [0.15, 0.2) is 97.1 Å². The Labute approximate surface area is 510 Å². The second-order valence-electron chi connectivity index (χ2n) is 23.3. The average Bonchev–Trinajstić information content (AvgIpc) is 2.36. The highest BCUT2D eigenvalue weighted by atomic mass is 32.1. The lowest BCUT2D eigenvalue weighted by atomic mass is 9.91. The Bertz CT molecular complexity index is 3680. The first-order valence-electron chi connectivity index (χ1n) is 29.4. The molecule has 21 nitrogen and oxygen atoms in total. The molecule has 4 fully saturated rings. The van der Waals surface area contributed by atoms with E-state index >= 15 is 0 Å². The Morgan fingerprint density at radius 3 is 2.31 bits per heavy atom. The molecule has 6 heterocycles. The van der Waals surface area contributed by atoms with Crippen LogP contribution in [-0.4, -0.2) is 152 Å². The molecule has 0 spiro atoms. The highest BCUT2D eigenvalue weighted by molar-refractivity contribution is 7.52. The fraction of sp³-hybridized carbons (Fsp3) is 0.413. The van der Waals surface area contributed by atoms with Gasteiger partial charge in [0, 0.05) is 79.3 Å². The van der Waals surface area contributed by atoms with E-state index in [9.17, 15) is 66.3 Å². The fourth-order valence-corrected chi connectivity index (χ4v) is 13.9. The van der Waals surface area contributed by atoms with Crippen molar-refractivity contribution in [3.8, 4) is 23.0 Å². The van der Waals surface area contributed by atoms with Gasteiger partial charge in [0.15, 0.2) is 0 Å². The van der Waals surface area contributed by atoms with E-state index in [-0.39, 0.29) is 85.5 Å². The normalized spacial score (nSPS) is 20.9. The first-order valence-corrected chi connectivity index (χ1v) is 31.8. The summed E-state index contributed by atoms with van der Waals surface area (Å²) in [6.07, 6.45) is 3.62. The van der Waals surface area contributed by atoms with Gasteiger partial charge in [-0.25, -0.2) is 0 Å². The van der Waals surface area contributed by atoms with Crippen LogP contribution in [-0.2, 0) is 56.8 Å². The molecule has 0 saturated carbocycles. The molecule has 25 heteroatoms. The monoisotopic (exact) mass is 1240 g/mol. The predicted molar refractivity (Wildman–Crippen MR) is 321 cm³/mol. The number of rotatable bonds is 18. The molecule has 10 rings (SSSR count). The van der Waals surface area contributed by atoms with Crippen LogP contribution >= 0.6 is 18.9 Å². The van der Waals surface area contributed by atoms with Crippen molar-refractivity contribution < 1.29 is 66.3 Å². The van der Waals surface area contributed by atoms with E-state index in [1.54, 1.807) is 24.1 Å². The van der Waals surface area contributed by atoms with Gasteiger partial charge in [-0.05, 0) is 129 Å². The fourth-order valence-electron chi connectivity index (χ4n) is 12.4. The van der Waals surface area contributed by atoms with Gasteiger partial charge in [0.2, 0.25) is 41.4 Å². The van der Waals surface area contributed by atoms with Crippen molar-refractivity contribution in [2.24, 2.45) is 11.7 Å².